The van der Waals surface area contributed by atoms with Crippen LogP contribution in [0.5, 0.6) is 0 Å². The molecule has 2 aromatic rings. The summed E-state index contributed by atoms with van der Waals surface area (Å²) in [5, 5.41) is 0.665. The van der Waals surface area contributed by atoms with E-state index in [0.717, 1.165) is 16.5 Å². The Balaban J connectivity index is 2.84. The highest BCUT2D eigenvalue weighted by Gasteiger charge is 2.17. The average molecular weight is 241 g/mol. The smallest absolute Gasteiger partial charge is 0.143 e. The summed E-state index contributed by atoms with van der Waals surface area (Å²) in [6.45, 7) is 4.38. The van der Waals surface area contributed by atoms with Gasteiger partial charge >= 0.3 is 0 Å². The topological polar surface area (TPSA) is 26.0 Å². The molecule has 1 nitrogen and oxygen atoms in total. The molecule has 0 amide bonds. The Morgan fingerprint density at radius 2 is 2.00 bits per heavy atom. The van der Waals surface area contributed by atoms with Crippen molar-refractivity contribution in [3.63, 3.8) is 0 Å². The molecule has 0 spiro atoms. The summed E-state index contributed by atoms with van der Waals surface area (Å²) in [4.78, 5) is 0.939. The quantitative estimate of drug-likeness (QED) is 0.851. The lowest BCUT2D eigenvalue weighted by atomic mass is 9.99. The molecule has 0 radical (unpaired) electrons. The third-order valence-corrected chi connectivity index (χ3v) is 3.84. The average Bonchev–Trinajstić information content (AvgIpc) is 2.56. The number of benzene rings is 1. The van der Waals surface area contributed by atoms with Crippen LogP contribution in [0.2, 0.25) is 0 Å². The van der Waals surface area contributed by atoms with Crippen LogP contribution in [0.3, 0.4) is 0 Å². The van der Waals surface area contributed by atoms with Crippen LogP contribution in [0.1, 0.15) is 30.2 Å². The van der Waals surface area contributed by atoms with Crippen LogP contribution < -0.4 is 5.73 Å². The molecule has 0 saturated carbocycles. The molecule has 0 fully saturated rings. The number of nitrogens with two attached hydrogens (primary N) is 1. The van der Waals surface area contributed by atoms with E-state index in [4.69, 9.17) is 5.73 Å². The lowest BCUT2D eigenvalue weighted by Crippen LogP contribution is -1.98. The SMILES string of the molecule is CC(C)c1c(CN)sc2c(F)cc(F)cc12. The van der Waals surface area contributed by atoms with Gasteiger partial charge in [0.1, 0.15) is 11.6 Å². The van der Waals surface area contributed by atoms with E-state index in [1.807, 2.05) is 13.8 Å². The fourth-order valence-electron chi connectivity index (χ4n) is 1.98. The second kappa shape index (κ2) is 4.11. The van der Waals surface area contributed by atoms with Crippen LogP contribution in [0.4, 0.5) is 8.78 Å². The van der Waals surface area contributed by atoms with Gasteiger partial charge in [-0.1, -0.05) is 13.8 Å². The van der Waals surface area contributed by atoms with Crippen molar-refractivity contribution in [2.45, 2.75) is 26.3 Å². The highest BCUT2D eigenvalue weighted by atomic mass is 32.1. The Morgan fingerprint density at radius 1 is 1.31 bits per heavy atom. The lowest BCUT2D eigenvalue weighted by Gasteiger charge is -2.06. The largest absolute Gasteiger partial charge is 0.326 e. The van der Waals surface area contributed by atoms with E-state index in [9.17, 15) is 8.78 Å². The van der Waals surface area contributed by atoms with Crippen molar-refractivity contribution in [3.05, 3.63) is 34.2 Å². The van der Waals surface area contributed by atoms with Crippen LogP contribution in [-0.2, 0) is 6.54 Å². The molecule has 0 saturated heterocycles. The summed E-state index contributed by atoms with van der Waals surface area (Å²) in [6, 6.07) is 2.31. The fraction of sp³-hybridized carbons (Fsp3) is 0.333. The summed E-state index contributed by atoms with van der Waals surface area (Å²) < 4.78 is 27.3. The predicted molar refractivity (Wildman–Crippen MR) is 63.7 cm³/mol. The molecular formula is C12H13F2NS. The summed E-state index contributed by atoms with van der Waals surface area (Å²) in [5.74, 6) is -0.816. The van der Waals surface area contributed by atoms with Crippen molar-refractivity contribution in [3.8, 4) is 0 Å². The van der Waals surface area contributed by atoms with Gasteiger partial charge in [0, 0.05) is 22.9 Å². The zero-order valence-electron chi connectivity index (χ0n) is 9.18. The van der Waals surface area contributed by atoms with Crippen LogP contribution in [0, 0.1) is 11.6 Å². The molecular weight excluding hydrogens is 228 g/mol. The monoisotopic (exact) mass is 241 g/mol. The predicted octanol–water partition coefficient (Wildman–Crippen LogP) is 3.76. The minimum Gasteiger partial charge on any atom is -0.326 e. The first-order valence-corrected chi connectivity index (χ1v) is 5.96. The zero-order chi connectivity index (χ0) is 11.9. The number of halogens is 2. The normalized spacial score (nSPS) is 11.6. The molecule has 0 bridgehead atoms. The van der Waals surface area contributed by atoms with E-state index >= 15 is 0 Å². The van der Waals surface area contributed by atoms with Gasteiger partial charge in [0.2, 0.25) is 0 Å². The van der Waals surface area contributed by atoms with Crippen molar-refractivity contribution in [2.24, 2.45) is 5.73 Å². The third kappa shape index (κ3) is 1.72. The Hall–Kier alpha value is -1.00. The van der Waals surface area contributed by atoms with Crippen LogP contribution >= 0.6 is 11.3 Å². The van der Waals surface area contributed by atoms with E-state index in [0.29, 0.717) is 16.6 Å². The Bertz CT molecular complexity index is 531. The van der Waals surface area contributed by atoms with Gasteiger partial charge in [-0.15, -0.1) is 11.3 Å². The molecule has 0 aliphatic carbocycles. The van der Waals surface area contributed by atoms with Crippen LogP contribution in [0.15, 0.2) is 12.1 Å². The number of hydrogen-bond donors (Lipinski definition) is 1. The van der Waals surface area contributed by atoms with Gasteiger partial charge in [-0.05, 0) is 17.5 Å². The Kier molecular flexibility index (Phi) is 2.95. The maximum absolute atomic E-state index is 13.6. The van der Waals surface area contributed by atoms with Gasteiger partial charge in [-0.3, -0.25) is 0 Å². The molecule has 0 aliphatic heterocycles. The maximum atomic E-state index is 13.6. The third-order valence-electron chi connectivity index (χ3n) is 2.59. The second-order valence-electron chi connectivity index (χ2n) is 4.06. The molecule has 86 valence electrons. The van der Waals surface area contributed by atoms with Crippen molar-refractivity contribution in [2.75, 3.05) is 0 Å². The summed E-state index contributed by atoms with van der Waals surface area (Å²) in [6.07, 6.45) is 0. The van der Waals surface area contributed by atoms with Crippen LogP contribution in [0.25, 0.3) is 10.1 Å². The van der Waals surface area contributed by atoms with Gasteiger partial charge in [-0.25, -0.2) is 8.78 Å². The highest BCUT2D eigenvalue weighted by Crippen LogP contribution is 2.37. The number of thiophene rings is 1. The van der Waals surface area contributed by atoms with Gasteiger partial charge in [0.15, 0.2) is 0 Å². The van der Waals surface area contributed by atoms with Crippen molar-refractivity contribution in [1.29, 1.82) is 0 Å². The van der Waals surface area contributed by atoms with Gasteiger partial charge in [0.25, 0.3) is 0 Å². The number of fused-ring (bicyclic) bond motifs is 1. The first-order chi connectivity index (χ1) is 7.54. The number of rotatable bonds is 2. The number of hydrogen-bond acceptors (Lipinski definition) is 2. The summed E-state index contributed by atoms with van der Waals surface area (Å²) in [5.41, 5.74) is 6.61. The molecule has 1 aromatic heterocycles. The van der Waals surface area contributed by atoms with Gasteiger partial charge < -0.3 is 5.73 Å². The maximum Gasteiger partial charge on any atom is 0.143 e. The minimum absolute atomic E-state index is 0.216. The molecule has 2 N–H and O–H groups in total. The van der Waals surface area contributed by atoms with Crippen molar-refractivity contribution in [1.82, 2.24) is 0 Å². The lowest BCUT2D eigenvalue weighted by molar-refractivity contribution is 0.593. The molecule has 4 heteroatoms. The van der Waals surface area contributed by atoms with E-state index in [2.05, 4.69) is 0 Å². The summed E-state index contributed by atoms with van der Waals surface area (Å²) >= 11 is 1.32. The summed E-state index contributed by atoms with van der Waals surface area (Å²) in [7, 11) is 0. The molecule has 2 rings (SSSR count). The Labute approximate surface area is 96.9 Å². The minimum atomic E-state index is -0.534. The molecule has 1 heterocycles. The molecule has 0 aliphatic rings. The molecule has 16 heavy (non-hydrogen) atoms. The molecule has 0 atom stereocenters. The first kappa shape index (κ1) is 11.5. The van der Waals surface area contributed by atoms with E-state index in [-0.39, 0.29) is 5.92 Å². The Morgan fingerprint density at radius 3 is 2.56 bits per heavy atom. The highest BCUT2D eigenvalue weighted by molar-refractivity contribution is 7.19. The standard InChI is InChI=1S/C12H13F2NS/c1-6(2)11-8-3-7(13)4-9(14)12(8)16-10(11)5-15/h3-4,6H,5,15H2,1-2H3. The molecule has 0 unspecified atom stereocenters. The van der Waals surface area contributed by atoms with E-state index in [1.54, 1.807) is 0 Å². The van der Waals surface area contributed by atoms with Gasteiger partial charge in [0.05, 0.1) is 4.70 Å². The fourth-order valence-corrected chi connectivity index (χ4v) is 3.20. The van der Waals surface area contributed by atoms with Crippen LogP contribution in [-0.4, -0.2) is 0 Å². The van der Waals surface area contributed by atoms with Crippen molar-refractivity contribution >= 4 is 21.4 Å². The van der Waals surface area contributed by atoms with Gasteiger partial charge in [-0.2, -0.15) is 0 Å². The molecule has 1 aromatic carbocycles. The zero-order valence-corrected chi connectivity index (χ0v) is 10.00. The van der Waals surface area contributed by atoms with E-state index < -0.39 is 11.6 Å². The second-order valence-corrected chi connectivity index (χ2v) is 5.17. The van der Waals surface area contributed by atoms with Crippen molar-refractivity contribution < 1.29 is 8.78 Å². The van der Waals surface area contributed by atoms with E-state index in [1.165, 1.54) is 17.4 Å². The first-order valence-electron chi connectivity index (χ1n) is 5.15.